The van der Waals surface area contributed by atoms with E-state index in [1.54, 1.807) is 0 Å². The van der Waals surface area contributed by atoms with E-state index >= 15 is 0 Å². The minimum atomic E-state index is -3.70. The van der Waals surface area contributed by atoms with E-state index in [-0.39, 0.29) is 15.5 Å². The molecular weight excluding hydrogens is 326 g/mol. The van der Waals surface area contributed by atoms with Gasteiger partial charge in [0.25, 0.3) is 0 Å². The lowest BCUT2D eigenvalue weighted by molar-refractivity contribution is 0.0697. The van der Waals surface area contributed by atoms with Crippen LogP contribution in [-0.4, -0.2) is 26.0 Å². The summed E-state index contributed by atoms with van der Waals surface area (Å²) in [4.78, 5) is 10.9. The second kappa shape index (κ2) is 9.12. The predicted molar refractivity (Wildman–Crippen MR) is 87.0 cm³/mol. The summed E-state index contributed by atoms with van der Waals surface area (Å²) in [5.74, 6) is -1.25. The van der Waals surface area contributed by atoms with Crippen molar-refractivity contribution in [1.29, 1.82) is 0 Å². The quantitative estimate of drug-likeness (QED) is 0.632. The molecule has 0 fully saturated rings. The summed E-state index contributed by atoms with van der Waals surface area (Å²) in [5, 5.41) is 8.99. The molecule has 0 aliphatic rings. The third kappa shape index (κ3) is 5.94. The fourth-order valence-corrected chi connectivity index (χ4v) is 3.33. The Kier molecular flexibility index (Phi) is 7.85. The number of carboxylic acid groups (broad SMARTS) is 1. The number of hydrogen-bond acceptors (Lipinski definition) is 3. The summed E-state index contributed by atoms with van der Waals surface area (Å²) in [6, 6.07) is 3.66. The molecule has 1 aromatic rings. The summed E-state index contributed by atoms with van der Waals surface area (Å²) in [5.41, 5.74) is -0.218. The molecule has 0 aliphatic heterocycles. The van der Waals surface area contributed by atoms with Crippen molar-refractivity contribution in [3.05, 3.63) is 28.8 Å². The first kappa shape index (κ1) is 18.9. The Balaban J connectivity index is 2.56. The Bertz CT molecular complexity index is 602. The van der Waals surface area contributed by atoms with Gasteiger partial charge in [-0.25, -0.2) is 17.9 Å². The Labute approximate surface area is 136 Å². The van der Waals surface area contributed by atoms with Crippen molar-refractivity contribution in [3.63, 3.8) is 0 Å². The fourth-order valence-electron chi connectivity index (χ4n) is 2.03. The normalized spacial score (nSPS) is 11.5. The van der Waals surface area contributed by atoms with Crippen LogP contribution in [0.2, 0.25) is 5.02 Å². The zero-order valence-corrected chi connectivity index (χ0v) is 14.2. The number of benzene rings is 1. The molecule has 0 heterocycles. The van der Waals surface area contributed by atoms with Crippen LogP contribution in [0.1, 0.15) is 55.8 Å². The number of carboxylic acids is 1. The average molecular weight is 348 g/mol. The topological polar surface area (TPSA) is 83.5 Å². The van der Waals surface area contributed by atoms with E-state index in [1.807, 2.05) is 0 Å². The third-order valence-corrected chi connectivity index (χ3v) is 5.09. The molecule has 0 amide bonds. The summed E-state index contributed by atoms with van der Waals surface area (Å²) in [6.07, 6.45) is 6.39. The second-order valence-electron chi connectivity index (χ2n) is 5.11. The van der Waals surface area contributed by atoms with Gasteiger partial charge in [-0.1, -0.05) is 50.6 Å². The van der Waals surface area contributed by atoms with Crippen molar-refractivity contribution < 1.29 is 18.3 Å². The highest BCUT2D eigenvalue weighted by Gasteiger charge is 2.17. The Morgan fingerprint density at radius 1 is 1.18 bits per heavy atom. The number of sulfonamides is 1. The molecule has 0 saturated carbocycles. The maximum Gasteiger partial charge on any atom is 0.337 e. The SMILES string of the molecule is CCCCCCCCNS(=O)(=O)c1ccc(Cl)c(C(=O)O)c1. The molecule has 0 radical (unpaired) electrons. The molecule has 2 N–H and O–H groups in total. The molecule has 0 unspecified atom stereocenters. The number of hydrogen-bond donors (Lipinski definition) is 2. The molecule has 0 aliphatic carbocycles. The monoisotopic (exact) mass is 347 g/mol. The van der Waals surface area contributed by atoms with Crippen molar-refractivity contribution in [2.45, 2.75) is 50.3 Å². The summed E-state index contributed by atoms with van der Waals surface area (Å²) in [6.45, 7) is 2.49. The number of aromatic carboxylic acids is 1. The summed E-state index contributed by atoms with van der Waals surface area (Å²) in [7, 11) is -3.70. The maximum atomic E-state index is 12.1. The standard InChI is InChI=1S/C15H22ClNO4S/c1-2-3-4-5-6-7-10-17-22(20,21)12-8-9-14(16)13(11-12)15(18)19/h8-9,11,17H,2-7,10H2,1H3,(H,18,19). The van der Waals surface area contributed by atoms with Gasteiger partial charge < -0.3 is 5.11 Å². The van der Waals surface area contributed by atoms with Gasteiger partial charge in [0.2, 0.25) is 10.0 Å². The number of nitrogens with one attached hydrogen (secondary N) is 1. The van der Waals surface area contributed by atoms with Crippen LogP contribution in [0.4, 0.5) is 0 Å². The van der Waals surface area contributed by atoms with E-state index < -0.39 is 16.0 Å². The first-order valence-corrected chi connectivity index (χ1v) is 9.27. The van der Waals surface area contributed by atoms with Gasteiger partial charge in [0.05, 0.1) is 15.5 Å². The van der Waals surface area contributed by atoms with Crippen molar-refractivity contribution >= 4 is 27.6 Å². The van der Waals surface area contributed by atoms with Crippen molar-refractivity contribution in [2.75, 3.05) is 6.54 Å². The lowest BCUT2D eigenvalue weighted by Gasteiger charge is -2.08. The number of halogens is 1. The molecule has 5 nitrogen and oxygen atoms in total. The van der Waals surface area contributed by atoms with E-state index in [0.717, 1.165) is 25.3 Å². The molecule has 1 aromatic carbocycles. The maximum absolute atomic E-state index is 12.1. The molecule has 0 saturated heterocycles. The first-order chi connectivity index (χ1) is 10.4. The van der Waals surface area contributed by atoms with E-state index in [4.69, 9.17) is 16.7 Å². The van der Waals surface area contributed by atoms with Gasteiger partial charge in [-0.15, -0.1) is 0 Å². The number of carbonyl (C=O) groups is 1. The second-order valence-corrected chi connectivity index (χ2v) is 7.29. The van der Waals surface area contributed by atoms with E-state index in [0.29, 0.717) is 6.54 Å². The van der Waals surface area contributed by atoms with Crippen LogP contribution >= 0.6 is 11.6 Å². The molecule has 0 bridgehead atoms. The van der Waals surface area contributed by atoms with Gasteiger partial charge in [0, 0.05) is 6.54 Å². The van der Waals surface area contributed by atoms with Crippen LogP contribution in [-0.2, 0) is 10.0 Å². The molecule has 0 atom stereocenters. The Hall–Kier alpha value is -1.11. The molecular formula is C15H22ClNO4S. The molecule has 0 aromatic heterocycles. The minimum Gasteiger partial charge on any atom is -0.478 e. The number of unbranched alkanes of at least 4 members (excludes halogenated alkanes) is 5. The van der Waals surface area contributed by atoms with E-state index in [2.05, 4.69) is 11.6 Å². The molecule has 0 spiro atoms. The molecule has 22 heavy (non-hydrogen) atoms. The lowest BCUT2D eigenvalue weighted by atomic mass is 10.1. The van der Waals surface area contributed by atoms with Crippen molar-refractivity contribution in [1.82, 2.24) is 4.72 Å². The van der Waals surface area contributed by atoms with E-state index in [1.165, 1.54) is 31.4 Å². The summed E-state index contributed by atoms with van der Waals surface area (Å²) >= 11 is 5.73. The van der Waals surface area contributed by atoms with Crippen LogP contribution in [0, 0.1) is 0 Å². The van der Waals surface area contributed by atoms with Crippen LogP contribution < -0.4 is 4.72 Å². The molecule has 7 heteroatoms. The Morgan fingerprint density at radius 2 is 1.82 bits per heavy atom. The number of rotatable bonds is 10. The van der Waals surface area contributed by atoms with Crippen LogP contribution in [0.25, 0.3) is 0 Å². The largest absolute Gasteiger partial charge is 0.478 e. The van der Waals surface area contributed by atoms with E-state index in [9.17, 15) is 13.2 Å². The highest BCUT2D eigenvalue weighted by Crippen LogP contribution is 2.20. The van der Waals surface area contributed by atoms with Crippen LogP contribution in [0.3, 0.4) is 0 Å². The smallest absolute Gasteiger partial charge is 0.337 e. The average Bonchev–Trinajstić information content (AvgIpc) is 2.46. The third-order valence-electron chi connectivity index (χ3n) is 3.30. The minimum absolute atomic E-state index is 0.0161. The Morgan fingerprint density at radius 3 is 2.45 bits per heavy atom. The van der Waals surface area contributed by atoms with Crippen molar-refractivity contribution in [3.8, 4) is 0 Å². The van der Waals surface area contributed by atoms with Gasteiger partial charge in [-0.3, -0.25) is 0 Å². The first-order valence-electron chi connectivity index (χ1n) is 7.41. The predicted octanol–water partition coefficient (Wildman–Crippen LogP) is 3.68. The van der Waals surface area contributed by atoms with Gasteiger partial charge in [0.15, 0.2) is 0 Å². The van der Waals surface area contributed by atoms with Gasteiger partial charge in [-0.2, -0.15) is 0 Å². The van der Waals surface area contributed by atoms with Gasteiger partial charge >= 0.3 is 5.97 Å². The van der Waals surface area contributed by atoms with Crippen LogP contribution in [0.15, 0.2) is 23.1 Å². The summed E-state index contributed by atoms with van der Waals surface area (Å²) < 4.78 is 26.7. The zero-order chi connectivity index (χ0) is 16.6. The lowest BCUT2D eigenvalue weighted by Crippen LogP contribution is -2.25. The van der Waals surface area contributed by atoms with Gasteiger partial charge in [0.1, 0.15) is 0 Å². The highest BCUT2D eigenvalue weighted by molar-refractivity contribution is 7.89. The fraction of sp³-hybridized carbons (Fsp3) is 0.533. The van der Waals surface area contributed by atoms with Gasteiger partial charge in [-0.05, 0) is 24.6 Å². The molecule has 1 rings (SSSR count). The van der Waals surface area contributed by atoms with Crippen LogP contribution in [0.5, 0.6) is 0 Å². The van der Waals surface area contributed by atoms with Crippen molar-refractivity contribution in [2.24, 2.45) is 0 Å². The highest BCUT2D eigenvalue weighted by atomic mass is 35.5. The zero-order valence-electron chi connectivity index (χ0n) is 12.6. The molecule has 124 valence electrons.